The van der Waals surface area contributed by atoms with Gasteiger partial charge in [0.15, 0.2) is 5.82 Å². The fourth-order valence-corrected chi connectivity index (χ4v) is 3.75. The molecule has 5 heteroatoms. The first kappa shape index (κ1) is 16.8. The largest absolute Gasteiger partial charge is 0.357 e. The smallest absolute Gasteiger partial charge is 0.178 e. The van der Waals surface area contributed by atoms with E-state index in [9.17, 15) is 0 Å². The van der Waals surface area contributed by atoms with Gasteiger partial charge in [-0.1, -0.05) is 42.0 Å². The quantitative estimate of drug-likeness (QED) is 0.706. The molecular weight excluding hydrogens is 322 g/mol. The molecule has 2 aromatic carbocycles. The highest BCUT2D eigenvalue weighted by atomic mass is 15.6. The van der Waals surface area contributed by atoms with Crippen molar-refractivity contribution in [3.63, 3.8) is 0 Å². The van der Waals surface area contributed by atoms with E-state index in [1.807, 2.05) is 4.68 Å². The molecule has 1 aliphatic heterocycles. The molecule has 0 fully saturated rings. The van der Waals surface area contributed by atoms with E-state index in [0.717, 1.165) is 18.8 Å². The monoisotopic (exact) mass is 347 g/mol. The molecule has 3 aromatic rings. The van der Waals surface area contributed by atoms with Gasteiger partial charge >= 0.3 is 0 Å². The molecule has 1 aliphatic rings. The van der Waals surface area contributed by atoms with Gasteiger partial charge in [-0.2, -0.15) is 0 Å². The van der Waals surface area contributed by atoms with E-state index in [4.69, 9.17) is 0 Å². The van der Waals surface area contributed by atoms with Crippen LogP contribution in [0.15, 0.2) is 48.5 Å². The van der Waals surface area contributed by atoms with E-state index in [2.05, 4.69) is 96.7 Å². The summed E-state index contributed by atoms with van der Waals surface area (Å²) in [5.74, 6) is 0.896. The van der Waals surface area contributed by atoms with Gasteiger partial charge in [-0.25, -0.2) is 4.68 Å². The van der Waals surface area contributed by atoms with Crippen molar-refractivity contribution >= 4 is 5.69 Å². The maximum absolute atomic E-state index is 4.47. The van der Waals surface area contributed by atoms with Crippen LogP contribution in [0.3, 0.4) is 0 Å². The number of fused-ring (bicyclic) bond motifs is 1. The summed E-state index contributed by atoms with van der Waals surface area (Å²) in [6.07, 6.45) is 1.03. The van der Waals surface area contributed by atoms with E-state index in [-0.39, 0.29) is 11.6 Å². The van der Waals surface area contributed by atoms with E-state index >= 15 is 0 Å². The zero-order valence-corrected chi connectivity index (χ0v) is 15.8. The standard InChI is InChI=1S/C21H25N5/c1-15-10-11-16-12-13-25(17-8-6-5-7-9-17)19(18(16)14-15)20-22-23-24-26(20)21(2,3)4/h5-11,14,19H,12-13H2,1-4H3. The molecule has 0 amide bonds. The van der Waals surface area contributed by atoms with Crippen LogP contribution in [0.5, 0.6) is 0 Å². The molecule has 1 aromatic heterocycles. The Morgan fingerprint density at radius 3 is 2.54 bits per heavy atom. The highest BCUT2D eigenvalue weighted by molar-refractivity contribution is 5.54. The van der Waals surface area contributed by atoms with Crippen LogP contribution in [-0.4, -0.2) is 26.8 Å². The van der Waals surface area contributed by atoms with Crippen LogP contribution >= 0.6 is 0 Å². The molecule has 0 saturated carbocycles. The van der Waals surface area contributed by atoms with Crippen molar-refractivity contribution in [3.8, 4) is 0 Å². The molecule has 0 spiro atoms. The summed E-state index contributed by atoms with van der Waals surface area (Å²) in [5, 5.41) is 12.8. The van der Waals surface area contributed by atoms with Gasteiger partial charge < -0.3 is 4.90 Å². The van der Waals surface area contributed by atoms with Gasteiger partial charge in [-0.05, 0) is 67.8 Å². The Morgan fingerprint density at radius 1 is 1.04 bits per heavy atom. The zero-order valence-electron chi connectivity index (χ0n) is 15.8. The number of nitrogens with zero attached hydrogens (tertiary/aromatic N) is 5. The summed E-state index contributed by atoms with van der Waals surface area (Å²) in [7, 11) is 0. The maximum atomic E-state index is 4.47. The molecule has 5 nitrogen and oxygen atoms in total. The van der Waals surface area contributed by atoms with Crippen LogP contribution in [-0.2, 0) is 12.0 Å². The third-order valence-electron chi connectivity index (χ3n) is 4.99. The highest BCUT2D eigenvalue weighted by Crippen LogP contribution is 2.38. The molecule has 4 rings (SSSR count). The van der Waals surface area contributed by atoms with Crippen molar-refractivity contribution in [1.82, 2.24) is 20.2 Å². The Morgan fingerprint density at radius 2 is 1.81 bits per heavy atom. The Hall–Kier alpha value is -2.69. The summed E-state index contributed by atoms with van der Waals surface area (Å²) in [5.41, 5.74) is 4.98. The molecule has 0 saturated heterocycles. The average Bonchev–Trinajstić information content (AvgIpc) is 3.11. The van der Waals surface area contributed by atoms with E-state index < -0.39 is 0 Å². The van der Waals surface area contributed by atoms with Gasteiger partial charge in [0.05, 0.1) is 5.54 Å². The molecule has 26 heavy (non-hydrogen) atoms. The third kappa shape index (κ3) is 2.87. The SMILES string of the molecule is Cc1ccc2c(c1)C(c1nnnn1C(C)(C)C)N(c1ccccc1)CC2. The zero-order chi connectivity index (χ0) is 18.3. The molecule has 0 aliphatic carbocycles. The number of tetrazole rings is 1. The van der Waals surface area contributed by atoms with Gasteiger partial charge in [-0.15, -0.1) is 5.10 Å². The summed E-state index contributed by atoms with van der Waals surface area (Å²) in [6.45, 7) is 9.51. The molecule has 0 N–H and O–H groups in total. The summed E-state index contributed by atoms with van der Waals surface area (Å²) in [6, 6.07) is 17.3. The van der Waals surface area contributed by atoms with Gasteiger partial charge in [0, 0.05) is 12.2 Å². The molecule has 1 atom stereocenters. The molecule has 134 valence electrons. The van der Waals surface area contributed by atoms with Crippen LogP contribution in [0.25, 0.3) is 0 Å². The Labute approximate surface area is 154 Å². The lowest BCUT2D eigenvalue weighted by atomic mass is 9.89. The van der Waals surface area contributed by atoms with Crippen LogP contribution in [0.4, 0.5) is 5.69 Å². The van der Waals surface area contributed by atoms with Gasteiger partial charge in [0.25, 0.3) is 0 Å². The predicted octanol–water partition coefficient (Wildman–Crippen LogP) is 3.89. The van der Waals surface area contributed by atoms with Crippen molar-refractivity contribution in [3.05, 3.63) is 71.0 Å². The predicted molar refractivity (Wildman–Crippen MR) is 103 cm³/mol. The maximum Gasteiger partial charge on any atom is 0.178 e. The fourth-order valence-electron chi connectivity index (χ4n) is 3.75. The minimum absolute atomic E-state index is 0.00951. The van der Waals surface area contributed by atoms with Crippen molar-refractivity contribution in [2.24, 2.45) is 0 Å². The number of para-hydroxylation sites is 1. The minimum atomic E-state index is -0.178. The normalized spacial score (nSPS) is 17.2. The van der Waals surface area contributed by atoms with Crippen LogP contribution in [0.1, 0.15) is 49.3 Å². The first-order valence-corrected chi connectivity index (χ1v) is 9.15. The topological polar surface area (TPSA) is 46.8 Å². The second-order valence-corrected chi connectivity index (χ2v) is 8.00. The van der Waals surface area contributed by atoms with Crippen LogP contribution in [0, 0.1) is 6.92 Å². The van der Waals surface area contributed by atoms with E-state index in [0.29, 0.717) is 0 Å². The molecule has 0 bridgehead atoms. The lowest BCUT2D eigenvalue weighted by Crippen LogP contribution is -2.39. The summed E-state index contributed by atoms with van der Waals surface area (Å²) >= 11 is 0. The number of benzene rings is 2. The Balaban J connectivity index is 1.92. The average molecular weight is 347 g/mol. The summed E-state index contributed by atoms with van der Waals surface area (Å²) in [4.78, 5) is 2.43. The molecule has 2 heterocycles. The Bertz CT molecular complexity index is 908. The van der Waals surface area contributed by atoms with E-state index in [1.54, 1.807) is 0 Å². The third-order valence-corrected chi connectivity index (χ3v) is 4.99. The van der Waals surface area contributed by atoms with Gasteiger partial charge in [0.1, 0.15) is 6.04 Å². The van der Waals surface area contributed by atoms with Crippen molar-refractivity contribution in [2.45, 2.75) is 45.7 Å². The molecular formula is C21H25N5. The number of aryl methyl sites for hydroxylation is 1. The van der Waals surface area contributed by atoms with Gasteiger partial charge in [0.2, 0.25) is 0 Å². The van der Waals surface area contributed by atoms with Crippen LogP contribution < -0.4 is 4.90 Å². The van der Waals surface area contributed by atoms with Crippen LogP contribution in [0.2, 0.25) is 0 Å². The van der Waals surface area contributed by atoms with Crippen molar-refractivity contribution in [2.75, 3.05) is 11.4 Å². The number of hydrogen-bond acceptors (Lipinski definition) is 4. The van der Waals surface area contributed by atoms with Crippen molar-refractivity contribution < 1.29 is 0 Å². The lowest BCUT2D eigenvalue weighted by molar-refractivity contribution is 0.328. The Kier molecular flexibility index (Phi) is 4.02. The molecule has 1 unspecified atom stereocenters. The lowest BCUT2D eigenvalue weighted by Gasteiger charge is -2.39. The van der Waals surface area contributed by atoms with Gasteiger partial charge in [-0.3, -0.25) is 0 Å². The highest BCUT2D eigenvalue weighted by Gasteiger charge is 2.35. The summed E-state index contributed by atoms with van der Waals surface area (Å²) < 4.78 is 1.96. The number of rotatable bonds is 2. The number of anilines is 1. The fraction of sp³-hybridized carbons (Fsp3) is 0.381. The second-order valence-electron chi connectivity index (χ2n) is 8.00. The minimum Gasteiger partial charge on any atom is -0.357 e. The van der Waals surface area contributed by atoms with Crippen molar-refractivity contribution in [1.29, 1.82) is 0 Å². The number of aromatic nitrogens is 4. The number of hydrogen-bond donors (Lipinski definition) is 0. The second kappa shape index (κ2) is 6.24. The first-order valence-electron chi connectivity index (χ1n) is 9.15. The molecule has 0 radical (unpaired) electrons. The first-order chi connectivity index (χ1) is 12.4. The van der Waals surface area contributed by atoms with E-state index in [1.165, 1.54) is 22.4 Å².